The zero-order valence-corrected chi connectivity index (χ0v) is 14.8. The molecule has 0 aliphatic carbocycles. The molecule has 1 aliphatic rings. The summed E-state index contributed by atoms with van der Waals surface area (Å²) in [6.45, 7) is 3.83. The number of carbonyl (C=O) groups is 1. The van der Waals surface area contributed by atoms with Gasteiger partial charge >= 0.3 is 0 Å². The Kier molecular flexibility index (Phi) is 4.17. The van der Waals surface area contributed by atoms with E-state index >= 15 is 0 Å². The van der Waals surface area contributed by atoms with Gasteiger partial charge in [-0.2, -0.15) is 5.10 Å². The van der Waals surface area contributed by atoms with Crippen molar-refractivity contribution in [2.45, 2.75) is 19.8 Å². The van der Waals surface area contributed by atoms with Gasteiger partial charge in [0.15, 0.2) is 10.8 Å². The van der Waals surface area contributed by atoms with Crippen LogP contribution in [0.3, 0.4) is 0 Å². The number of halogens is 1. The molecular formula is C19H19ClN4O. The van der Waals surface area contributed by atoms with E-state index in [2.05, 4.69) is 17.0 Å². The van der Waals surface area contributed by atoms with E-state index in [9.17, 15) is 4.79 Å². The number of likely N-dealkylation sites (tertiary alicyclic amines) is 1. The molecule has 4 rings (SSSR count). The molecule has 0 spiro atoms. The summed E-state index contributed by atoms with van der Waals surface area (Å²) in [5.41, 5.74) is 2.10. The third-order valence-electron chi connectivity index (χ3n) is 4.80. The van der Waals surface area contributed by atoms with Crippen molar-refractivity contribution >= 4 is 28.5 Å². The van der Waals surface area contributed by atoms with Crippen LogP contribution in [0.4, 0.5) is 0 Å². The Labute approximate surface area is 151 Å². The van der Waals surface area contributed by atoms with E-state index in [4.69, 9.17) is 11.6 Å². The predicted octanol–water partition coefficient (Wildman–Crippen LogP) is 3.95. The van der Waals surface area contributed by atoms with Gasteiger partial charge in [0.05, 0.1) is 16.6 Å². The summed E-state index contributed by atoms with van der Waals surface area (Å²) in [5.74, 6) is 0.702. The molecule has 3 aromatic rings. The van der Waals surface area contributed by atoms with Crippen LogP contribution in [-0.4, -0.2) is 38.7 Å². The minimum atomic E-state index is 0.0184. The van der Waals surface area contributed by atoms with Crippen LogP contribution in [0.2, 0.25) is 5.15 Å². The smallest absolute Gasteiger partial charge is 0.255 e. The monoisotopic (exact) mass is 354 g/mol. The molecule has 0 radical (unpaired) electrons. The summed E-state index contributed by atoms with van der Waals surface area (Å²) < 4.78 is 1.70. The zero-order valence-electron chi connectivity index (χ0n) is 14.0. The zero-order chi connectivity index (χ0) is 17.4. The van der Waals surface area contributed by atoms with Gasteiger partial charge in [0.2, 0.25) is 0 Å². The molecule has 1 aromatic carbocycles. The van der Waals surface area contributed by atoms with E-state index in [1.807, 2.05) is 35.2 Å². The van der Waals surface area contributed by atoms with Crippen molar-refractivity contribution < 1.29 is 4.79 Å². The number of carbonyl (C=O) groups excluding carboxylic acids is 1. The van der Waals surface area contributed by atoms with Crippen LogP contribution >= 0.6 is 11.6 Å². The quantitative estimate of drug-likeness (QED) is 0.700. The first kappa shape index (κ1) is 16.1. The lowest BCUT2D eigenvalue weighted by molar-refractivity contribution is 0.0697. The number of benzene rings is 1. The molecule has 3 heterocycles. The maximum atomic E-state index is 12.8. The molecule has 0 N–H and O–H groups in total. The van der Waals surface area contributed by atoms with Gasteiger partial charge in [0.25, 0.3) is 5.91 Å². The number of fused-ring (bicyclic) bond motifs is 1. The number of pyridine rings is 1. The highest BCUT2D eigenvalue weighted by Crippen LogP contribution is 2.26. The van der Waals surface area contributed by atoms with Crippen molar-refractivity contribution in [3.8, 4) is 5.69 Å². The molecule has 1 amide bonds. The fourth-order valence-electron chi connectivity index (χ4n) is 3.23. The highest BCUT2D eigenvalue weighted by atomic mass is 35.5. The van der Waals surface area contributed by atoms with Crippen LogP contribution in [0.1, 0.15) is 30.1 Å². The molecule has 1 aliphatic heterocycles. The van der Waals surface area contributed by atoms with Crippen LogP contribution in [0.5, 0.6) is 0 Å². The Morgan fingerprint density at radius 2 is 1.92 bits per heavy atom. The summed E-state index contributed by atoms with van der Waals surface area (Å²) in [7, 11) is 0. The maximum absolute atomic E-state index is 12.8. The van der Waals surface area contributed by atoms with E-state index in [1.165, 1.54) is 0 Å². The van der Waals surface area contributed by atoms with Gasteiger partial charge in [0, 0.05) is 19.3 Å². The van der Waals surface area contributed by atoms with Crippen molar-refractivity contribution in [1.29, 1.82) is 0 Å². The molecule has 1 saturated heterocycles. The van der Waals surface area contributed by atoms with Crippen LogP contribution < -0.4 is 0 Å². The maximum Gasteiger partial charge on any atom is 0.255 e. The van der Waals surface area contributed by atoms with Crippen molar-refractivity contribution in [2.24, 2.45) is 5.92 Å². The first-order valence-electron chi connectivity index (χ1n) is 8.52. The van der Waals surface area contributed by atoms with Gasteiger partial charge in [-0.3, -0.25) is 4.79 Å². The standard InChI is InChI=1S/C19H19ClN4O/c1-13-7-9-23(10-8-13)19(25)14-11-16-17(20)22-24(18(16)21-12-14)15-5-3-2-4-6-15/h2-6,11-13H,7-10H2,1H3. The lowest BCUT2D eigenvalue weighted by Crippen LogP contribution is -2.37. The number of para-hydroxylation sites is 1. The van der Waals surface area contributed by atoms with Gasteiger partial charge in [-0.25, -0.2) is 9.67 Å². The summed E-state index contributed by atoms with van der Waals surface area (Å²) >= 11 is 6.31. The van der Waals surface area contributed by atoms with Gasteiger partial charge in [-0.15, -0.1) is 0 Å². The first-order valence-corrected chi connectivity index (χ1v) is 8.90. The number of piperidine rings is 1. The third kappa shape index (κ3) is 3.00. The van der Waals surface area contributed by atoms with Gasteiger partial charge < -0.3 is 4.90 Å². The highest BCUT2D eigenvalue weighted by Gasteiger charge is 2.23. The number of amides is 1. The van der Waals surface area contributed by atoms with Gasteiger partial charge in [-0.1, -0.05) is 36.7 Å². The summed E-state index contributed by atoms with van der Waals surface area (Å²) in [6, 6.07) is 11.5. The average molecular weight is 355 g/mol. The van der Waals surface area contributed by atoms with Crippen molar-refractivity contribution in [2.75, 3.05) is 13.1 Å². The number of rotatable bonds is 2. The first-order chi connectivity index (χ1) is 12.1. The summed E-state index contributed by atoms with van der Waals surface area (Å²) in [6.07, 6.45) is 3.72. The van der Waals surface area contributed by atoms with Crippen molar-refractivity contribution in [1.82, 2.24) is 19.7 Å². The molecule has 0 saturated carbocycles. The molecule has 0 unspecified atom stereocenters. The predicted molar refractivity (Wildman–Crippen MR) is 98.2 cm³/mol. The molecule has 1 fully saturated rings. The Morgan fingerprint density at radius 3 is 2.64 bits per heavy atom. The molecular weight excluding hydrogens is 336 g/mol. The fourth-order valence-corrected chi connectivity index (χ4v) is 3.44. The van der Waals surface area contributed by atoms with Crippen molar-refractivity contribution in [3.63, 3.8) is 0 Å². The van der Waals surface area contributed by atoms with Crippen LogP contribution in [0.25, 0.3) is 16.7 Å². The largest absolute Gasteiger partial charge is 0.339 e. The SMILES string of the molecule is CC1CCN(C(=O)c2cnc3c(c2)c(Cl)nn3-c2ccccc2)CC1. The summed E-state index contributed by atoms with van der Waals surface area (Å²) in [4.78, 5) is 19.1. The topological polar surface area (TPSA) is 51.0 Å². The van der Waals surface area contributed by atoms with E-state index < -0.39 is 0 Å². The lowest BCUT2D eigenvalue weighted by atomic mass is 9.99. The second-order valence-corrected chi connectivity index (χ2v) is 6.97. The number of aromatic nitrogens is 3. The van der Waals surface area contributed by atoms with E-state index in [0.717, 1.165) is 31.6 Å². The van der Waals surface area contributed by atoms with Crippen LogP contribution in [0, 0.1) is 5.92 Å². The normalized spacial score (nSPS) is 15.7. The Balaban J connectivity index is 1.69. The van der Waals surface area contributed by atoms with E-state index in [0.29, 0.717) is 27.7 Å². The molecule has 5 nitrogen and oxygen atoms in total. The number of hydrogen-bond acceptors (Lipinski definition) is 3. The van der Waals surface area contributed by atoms with E-state index in [1.54, 1.807) is 16.9 Å². The second-order valence-electron chi connectivity index (χ2n) is 6.61. The van der Waals surface area contributed by atoms with Gasteiger partial charge in [-0.05, 0) is 37.0 Å². The Hall–Kier alpha value is -2.40. The summed E-state index contributed by atoms with van der Waals surface area (Å²) in [5, 5.41) is 5.43. The molecule has 128 valence electrons. The fraction of sp³-hybridized carbons (Fsp3) is 0.316. The minimum absolute atomic E-state index is 0.0184. The Bertz CT molecular complexity index is 914. The van der Waals surface area contributed by atoms with Crippen molar-refractivity contribution in [3.05, 3.63) is 53.3 Å². The Morgan fingerprint density at radius 1 is 1.20 bits per heavy atom. The number of hydrogen-bond donors (Lipinski definition) is 0. The lowest BCUT2D eigenvalue weighted by Gasteiger charge is -2.30. The second kappa shape index (κ2) is 6.48. The highest BCUT2D eigenvalue weighted by molar-refractivity contribution is 6.34. The molecule has 0 bridgehead atoms. The van der Waals surface area contributed by atoms with Crippen LogP contribution in [-0.2, 0) is 0 Å². The molecule has 25 heavy (non-hydrogen) atoms. The third-order valence-corrected chi connectivity index (χ3v) is 5.08. The molecule has 6 heteroatoms. The minimum Gasteiger partial charge on any atom is -0.339 e. The molecule has 0 atom stereocenters. The van der Waals surface area contributed by atoms with Gasteiger partial charge in [0.1, 0.15) is 0 Å². The average Bonchev–Trinajstić information content (AvgIpc) is 2.99. The van der Waals surface area contributed by atoms with E-state index in [-0.39, 0.29) is 5.91 Å². The number of nitrogens with zero attached hydrogens (tertiary/aromatic N) is 4. The van der Waals surface area contributed by atoms with Crippen LogP contribution in [0.15, 0.2) is 42.6 Å². The molecule has 2 aromatic heterocycles.